The molecule has 0 bridgehead atoms. The fraction of sp³-hybridized carbons (Fsp3) is 0.0769. The van der Waals surface area contributed by atoms with Gasteiger partial charge < -0.3 is 14.6 Å². The van der Waals surface area contributed by atoms with Gasteiger partial charge in [0.15, 0.2) is 10.9 Å². The number of benzene rings is 3. The van der Waals surface area contributed by atoms with Gasteiger partial charge in [-0.15, -0.1) is 0 Å². The number of nitrogens with zero attached hydrogens (tertiary/aromatic N) is 1. The van der Waals surface area contributed by atoms with Crippen LogP contribution in [0.25, 0.3) is 6.08 Å². The highest BCUT2D eigenvalue weighted by Gasteiger charge is 2.33. The van der Waals surface area contributed by atoms with E-state index in [1.54, 1.807) is 66.7 Å². The number of carboxylic acid groups (broad SMARTS) is 1. The third-order valence-electron chi connectivity index (χ3n) is 4.98. The smallest absolute Gasteiger partial charge is 0.341 e. The highest BCUT2D eigenvalue weighted by molar-refractivity contribution is 8.26. The lowest BCUT2D eigenvalue weighted by atomic mass is 10.2. The minimum atomic E-state index is -1.08. The van der Waals surface area contributed by atoms with Crippen LogP contribution in [0.5, 0.6) is 11.5 Å². The number of hydrogen-bond donors (Lipinski definition) is 2. The van der Waals surface area contributed by atoms with Gasteiger partial charge >= 0.3 is 5.97 Å². The van der Waals surface area contributed by atoms with Crippen molar-refractivity contribution in [3.63, 3.8) is 0 Å². The van der Waals surface area contributed by atoms with Gasteiger partial charge in [0.2, 0.25) is 0 Å². The maximum atomic E-state index is 12.8. The van der Waals surface area contributed by atoms with E-state index in [1.165, 1.54) is 0 Å². The zero-order valence-corrected chi connectivity index (χ0v) is 21.4. The van der Waals surface area contributed by atoms with E-state index in [-0.39, 0.29) is 4.32 Å². The Hall–Kier alpha value is -3.86. The number of halogens is 1. The number of thioether (sulfide) groups is 1. The molecule has 1 saturated heterocycles. The summed E-state index contributed by atoms with van der Waals surface area (Å²) in [6.45, 7) is -0.0967. The minimum Gasteiger partial charge on any atom is -0.489 e. The van der Waals surface area contributed by atoms with E-state index in [0.717, 1.165) is 22.3 Å². The van der Waals surface area contributed by atoms with Crippen molar-refractivity contribution in [2.75, 3.05) is 6.61 Å². The second-order valence-corrected chi connectivity index (χ2v) is 9.76. The van der Waals surface area contributed by atoms with Gasteiger partial charge in [-0.1, -0.05) is 47.6 Å². The number of hydrazine groups is 1. The number of ether oxygens (including phenoxy) is 2. The third-order valence-corrected chi connectivity index (χ3v) is 6.54. The van der Waals surface area contributed by atoms with Gasteiger partial charge in [-0.3, -0.25) is 15.0 Å². The largest absolute Gasteiger partial charge is 0.489 e. The van der Waals surface area contributed by atoms with Crippen molar-refractivity contribution < 1.29 is 29.0 Å². The summed E-state index contributed by atoms with van der Waals surface area (Å²) in [4.78, 5) is 36.5. The molecule has 8 nitrogen and oxygen atoms in total. The van der Waals surface area contributed by atoms with Gasteiger partial charge in [0.25, 0.3) is 11.8 Å². The van der Waals surface area contributed by atoms with Crippen LogP contribution in [-0.4, -0.2) is 38.8 Å². The van der Waals surface area contributed by atoms with Crippen LogP contribution in [0, 0.1) is 0 Å². The second-order valence-electron chi connectivity index (χ2n) is 7.65. The SMILES string of the molecule is O=C(O)COc1ccc(/C=C2/SC(=S)N(NC(=O)c3ccc(OCc4ccc(Cl)cc4)cc3)C2=O)cc1. The maximum Gasteiger partial charge on any atom is 0.341 e. The van der Waals surface area contributed by atoms with Gasteiger partial charge in [0.05, 0.1) is 4.91 Å². The van der Waals surface area contributed by atoms with Crippen molar-refractivity contribution in [2.24, 2.45) is 0 Å². The Bertz CT molecular complexity index is 1360. The van der Waals surface area contributed by atoms with E-state index in [4.69, 9.17) is 38.4 Å². The molecule has 37 heavy (non-hydrogen) atoms. The van der Waals surface area contributed by atoms with Crippen LogP contribution in [0.15, 0.2) is 77.7 Å². The molecule has 3 aromatic rings. The Kier molecular flexibility index (Phi) is 8.44. The van der Waals surface area contributed by atoms with Crippen LogP contribution in [0.2, 0.25) is 5.02 Å². The fourth-order valence-electron chi connectivity index (χ4n) is 3.14. The Morgan fingerprint density at radius 1 is 0.973 bits per heavy atom. The van der Waals surface area contributed by atoms with E-state index >= 15 is 0 Å². The van der Waals surface area contributed by atoms with E-state index in [2.05, 4.69) is 5.43 Å². The summed E-state index contributed by atoms with van der Waals surface area (Å²) in [5.41, 5.74) is 4.51. The molecule has 0 spiro atoms. The van der Waals surface area contributed by atoms with E-state index in [9.17, 15) is 14.4 Å². The first-order chi connectivity index (χ1) is 17.8. The zero-order valence-electron chi connectivity index (χ0n) is 19.0. The van der Waals surface area contributed by atoms with Crippen molar-refractivity contribution in [3.8, 4) is 11.5 Å². The lowest BCUT2D eigenvalue weighted by Crippen LogP contribution is -2.44. The molecule has 2 amide bonds. The van der Waals surface area contributed by atoms with Crippen LogP contribution in [0.3, 0.4) is 0 Å². The first-order valence-electron chi connectivity index (χ1n) is 10.8. The minimum absolute atomic E-state index is 0.189. The number of rotatable bonds is 9. The monoisotopic (exact) mass is 554 g/mol. The highest BCUT2D eigenvalue weighted by atomic mass is 35.5. The summed E-state index contributed by atoms with van der Waals surface area (Å²) in [6, 6.07) is 20.4. The van der Waals surface area contributed by atoms with Gasteiger partial charge in [-0.25, -0.2) is 4.79 Å². The number of nitrogens with one attached hydrogen (secondary N) is 1. The molecule has 1 aliphatic rings. The Morgan fingerprint density at radius 2 is 1.59 bits per heavy atom. The molecule has 0 atom stereocenters. The molecule has 1 aliphatic heterocycles. The average Bonchev–Trinajstić information content (AvgIpc) is 3.15. The van der Waals surface area contributed by atoms with Gasteiger partial charge in [-0.2, -0.15) is 5.01 Å². The normalized spacial score (nSPS) is 14.1. The van der Waals surface area contributed by atoms with Crippen molar-refractivity contribution >= 4 is 63.8 Å². The summed E-state index contributed by atoms with van der Waals surface area (Å²) < 4.78 is 11.0. The van der Waals surface area contributed by atoms with Crippen LogP contribution in [-0.2, 0) is 16.2 Å². The molecule has 4 rings (SSSR count). The number of thiocarbonyl (C=S) groups is 1. The van der Waals surface area contributed by atoms with Crippen LogP contribution >= 0.6 is 35.6 Å². The molecule has 188 valence electrons. The molecule has 0 radical (unpaired) electrons. The lowest BCUT2D eigenvalue weighted by molar-refractivity contribution is -0.139. The third kappa shape index (κ3) is 7.10. The van der Waals surface area contributed by atoms with Crippen LogP contribution in [0.4, 0.5) is 0 Å². The Labute approximate surface area is 226 Å². The predicted octanol–water partition coefficient (Wildman–Crippen LogP) is 4.93. The summed E-state index contributed by atoms with van der Waals surface area (Å²) in [6.07, 6.45) is 1.62. The molecule has 11 heteroatoms. The number of amides is 2. The van der Waals surface area contributed by atoms with E-state index in [0.29, 0.717) is 39.2 Å². The molecular formula is C26H19ClN2O6S2. The van der Waals surface area contributed by atoms with Crippen molar-refractivity contribution in [2.45, 2.75) is 6.61 Å². The standard InChI is InChI=1S/C26H19ClN2O6S2/c27-19-7-1-17(2-8-19)14-34-21-11-5-18(6-12-21)24(32)28-29-25(33)22(37-26(29)36)13-16-3-9-20(10-4-16)35-15-23(30)31/h1-13H,14-15H2,(H,28,32)(H,30,31)/b22-13+. The van der Waals surface area contributed by atoms with Gasteiger partial charge in [0.1, 0.15) is 18.1 Å². The van der Waals surface area contributed by atoms with Crippen molar-refractivity contribution in [3.05, 3.63) is 99.4 Å². The van der Waals surface area contributed by atoms with Gasteiger partial charge in [-0.05, 0) is 78.0 Å². The highest BCUT2D eigenvalue weighted by Crippen LogP contribution is 2.32. The number of carboxylic acids is 1. The molecule has 0 aromatic heterocycles. The van der Waals surface area contributed by atoms with E-state index in [1.807, 2.05) is 12.1 Å². The Morgan fingerprint density at radius 3 is 2.24 bits per heavy atom. The first kappa shape index (κ1) is 26.2. The summed E-state index contributed by atoms with van der Waals surface area (Å²) in [5.74, 6) is -1.06. The maximum absolute atomic E-state index is 12.8. The number of aliphatic carboxylic acids is 1. The summed E-state index contributed by atoms with van der Waals surface area (Å²) >= 11 is 12.2. The number of hydrogen-bond acceptors (Lipinski definition) is 7. The molecule has 0 unspecified atom stereocenters. The first-order valence-corrected chi connectivity index (χ1v) is 12.4. The van der Waals surface area contributed by atoms with Gasteiger partial charge in [0, 0.05) is 10.6 Å². The van der Waals surface area contributed by atoms with Crippen molar-refractivity contribution in [1.82, 2.24) is 10.4 Å². The average molecular weight is 555 g/mol. The van der Waals surface area contributed by atoms with Crippen LogP contribution in [0.1, 0.15) is 21.5 Å². The summed E-state index contributed by atoms with van der Waals surface area (Å²) in [7, 11) is 0. The lowest BCUT2D eigenvalue weighted by Gasteiger charge is -2.15. The zero-order chi connectivity index (χ0) is 26.4. The van der Waals surface area contributed by atoms with Crippen molar-refractivity contribution in [1.29, 1.82) is 0 Å². The number of carbonyl (C=O) groups excluding carboxylic acids is 2. The molecule has 2 N–H and O–H groups in total. The molecule has 0 saturated carbocycles. The predicted molar refractivity (Wildman–Crippen MR) is 144 cm³/mol. The molecular weight excluding hydrogens is 536 g/mol. The second kappa shape index (κ2) is 11.9. The number of carbonyl (C=O) groups is 3. The topological polar surface area (TPSA) is 105 Å². The van der Waals surface area contributed by atoms with E-state index < -0.39 is 24.4 Å². The molecule has 3 aromatic carbocycles. The molecule has 0 aliphatic carbocycles. The molecule has 1 fully saturated rings. The Balaban J connectivity index is 1.34. The quantitative estimate of drug-likeness (QED) is 0.283. The molecule has 1 heterocycles. The fourth-order valence-corrected chi connectivity index (χ4v) is 4.44. The van der Waals surface area contributed by atoms with Crippen LogP contribution < -0.4 is 14.9 Å². The summed E-state index contributed by atoms with van der Waals surface area (Å²) in [5, 5.41) is 10.4.